The van der Waals surface area contributed by atoms with Crippen LogP contribution in [0.5, 0.6) is 11.6 Å². The molecule has 73 heavy (non-hydrogen) atoms. The lowest BCUT2D eigenvalue weighted by atomic mass is 9.82. The monoisotopic (exact) mass is 1060 g/mol. The number of aromatic nitrogens is 4. The van der Waals surface area contributed by atoms with Gasteiger partial charge in [0.05, 0.1) is 54.0 Å². The Balaban J connectivity index is 1.13. The van der Waals surface area contributed by atoms with Crippen LogP contribution in [0.15, 0.2) is 79.2 Å². The summed E-state index contributed by atoms with van der Waals surface area (Å²) in [6.07, 6.45) is 9.43. The average Bonchev–Trinajstić information content (AvgIpc) is 3.78. The van der Waals surface area contributed by atoms with Crippen LogP contribution >= 0.6 is 34.5 Å². The molecule has 390 valence electrons. The minimum Gasteiger partial charge on any atom is -0.491 e. The fourth-order valence-corrected chi connectivity index (χ4v) is 11.0. The molecule has 0 spiro atoms. The molecule has 1 N–H and O–H groups in total. The summed E-state index contributed by atoms with van der Waals surface area (Å²) < 4.78 is 57.4. The lowest BCUT2D eigenvalue weighted by molar-refractivity contribution is -0.145. The summed E-state index contributed by atoms with van der Waals surface area (Å²) in [6.45, 7) is 14.5. The number of likely N-dealkylation sites (N-methyl/N-ethyl adjacent to an activating group) is 1. The van der Waals surface area contributed by atoms with Crippen molar-refractivity contribution in [3.63, 3.8) is 0 Å². The summed E-state index contributed by atoms with van der Waals surface area (Å²) in [5, 5.41) is 11.9. The van der Waals surface area contributed by atoms with Gasteiger partial charge in [0.15, 0.2) is 5.75 Å². The summed E-state index contributed by atoms with van der Waals surface area (Å²) in [6, 6.07) is 7.91. The molecule has 2 fully saturated rings. The molecule has 1 aliphatic carbocycles. The molecule has 2 bridgehead atoms. The highest BCUT2D eigenvalue weighted by molar-refractivity contribution is 7.22. The number of fused-ring (bicyclic) bond motifs is 10. The predicted octanol–water partition coefficient (Wildman–Crippen LogP) is 10.2. The van der Waals surface area contributed by atoms with E-state index in [1.54, 1.807) is 49.7 Å². The van der Waals surface area contributed by atoms with Crippen molar-refractivity contribution in [1.29, 1.82) is 0 Å². The Morgan fingerprint density at radius 3 is 2.38 bits per heavy atom. The van der Waals surface area contributed by atoms with Crippen molar-refractivity contribution in [3.05, 3.63) is 118 Å². The van der Waals surface area contributed by atoms with E-state index in [-0.39, 0.29) is 47.2 Å². The molecule has 1 saturated carbocycles. The van der Waals surface area contributed by atoms with Gasteiger partial charge in [-0.1, -0.05) is 48.0 Å². The number of carbonyl (C=O) groups is 1. The SMILES string of the molecule is C=C/C=C1\C=C(/OCc2ccnc(C3CCC(COCCOCCOC)CC3)n2)C[C@H](C(=O)O)Oc2ncnc3sc(-c4ccc(F)cc4)c(c23)-c2c(C)c(Cl)c(c(Cl)c2C)O[C@H](CN2CCN(C)CC2)CO1. The van der Waals surface area contributed by atoms with E-state index in [0.29, 0.717) is 106 Å². The van der Waals surface area contributed by atoms with Gasteiger partial charge in [-0.25, -0.2) is 29.1 Å². The van der Waals surface area contributed by atoms with Gasteiger partial charge >= 0.3 is 5.97 Å². The van der Waals surface area contributed by atoms with E-state index >= 15 is 0 Å². The third-order valence-corrected chi connectivity index (χ3v) is 15.5. The highest BCUT2D eigenvalue weighted by Crippen LogP contribution is 2.53. The molecule has 15 nitrogen and oxygen atoms in total. The van der Waals surface area contributed by atoms with Crippen LogP contribution in [0.3, 0.4) is 0 Å². The fraction of sp³-hybridized carbons (Fsp3) is 0.463. The Kier molecular flexibility index (Phi) is 19.1. The summed E-state index contributed by atoms with van der Waals surface area (Å²) in [7, 11) is 3.75. The Morgan fingerprint density at radius 1 is 0.945 bits per heavy atom. The molecule has 19 heteroatoms. The Bertz CT molecular complexity index is 2730. The van der Waals surface area contributed by atoms with Crippen LogP contribution in [0.4, 0.5) is 4.39 Å². The van der Waals surface area contributed by atoms with Gasteiger partial charge in [0, 0.05) is 75.1 Å². The molecule has 0 radical (unpaired) electrons. The first-order valence-corrected chi connectivity index (χ1v) is 26.2. The van der Waals surface area contributed by atoms with E-state index in [2.05, 4.69) is 38.4 Å². The number of halogens is 3. The van der Waals surface area contributed by atoms with Crippen LogP contribution in [-0.2, 0) is 35.1 Å². The third kappa shape index (κ3) is 13.7. The number of carboxylic acids is 1. The number of ether oxygens (including phenoxy) is 7. The zero-order chi connectivity index (χ0) is 51.4. The van der Waals surface area contributed by atoms with Crippen LogP contribution < -0.4 is 9.47 Å². The van der Waals surface area contributed by atoms with Gasteiger partial charge in [-0.3, -0.25) is 4.90 Å². The normalized spacial score (nSPS) is 21.5. The number of hydrogen-bond donors (Lipinski definition) is 1. The van der Waals surface area contributed by atoms with Crippen molar-refractivity contribution >= 4 is 50.7 Å². The van der Waals surface area contributed by atoms with E-state index in [4.69, 9.17) is 61.3 Å². The van der Waals surface area contributed by atoms with Gasteiger partial charge < -0.3 is 43.2 Å². The number of carboxylic acid groups (broad SMARTS) is 1. The fourth-order valence-electron chi connectivity index (χ4n) is 9.38. The molecule has 6 heterocycles. The number of aliphatic carboxylic acids is 1. The molecule has 4 aliphatic rings. The van der Waals surface area contributed by atoms with Gasteiger partial charge in [-0.05, 0) is 99.0 Å². The van der Waals surface area contributed by atoms with E-state index in [9.17, 15) is 14.3 Å². The molecule has 5 aromatic rings. The quantitative estimate of drug-likeness (QED) is 0.0876. The molecule has 2 atom stereocenters. The number of nitrogens with zero attached hydrogens (tertiary/aromatic N) is 6. The number of hydrogen-bond acceptors (Lipinski definition) is 15. The van der Waals surface area contributed by atoms with E-state index in [0.717, 1.165) is 57.7 Å². The van der Waals surface area contributed by atoms with Crippen molar-refractivity contribution < 1.29 is 47.4 Å². The van der Waals surface area contributed by atoms with Crippen LogP contribution in [0.2, 0.25) is 10.0 Å². The second-order valence-corrected chi connectivity index (χ2v) is 20.3. The van der Waals surface area contributed by atoms with Crippen LogP contribution in [0, 0.1) is 25.6 Å². The zero-order valence-corrected chi connectivity index (χ0v) is 44.1. The van der Waals surface area contributed by atoms with Crippen molar-refractivity contribution in [3.8, 4) is 33.2 Å². The van der Waals surface area contributed by atoms with Crippen molar-refractivity contribution in [2.75, 3.05) is 86.5 Å². The molecular formula is C54H63Cl2FN6O9S. The third-order valence-electron chi connectivity index (χ3n) is 13.4. The molecule has 3 aliphatic heterocycles. The molecular weight excluding hydrogens is 999 g/mol. The first-order valence-electron chi connectivity index (χ1n) is 24.6. The van der Waals surface area contributed by atoms with Gasteiger partial charge in [-0.15, -0.1) is 11.3 Å². The largest absolute Gasteiger partial charge is 0.491 e. The maximum absolute atomic E-state index is 14.4. The molecule has 2 aromatic carbocycles. The Labute approximate surface area is 439 Å². The molecule has 1 saturated heterocycles. The van der Waals surface area contributed by atoms with Gasteiger partial charge in [0.25, 0.3) is 0 Å². The van der Waals surface area contributed by atoms with Crippen molar-refractivity contribution in [2.45, 2.75) is 70.7 Å². The first-order chi connectivity index (χ1) is 35.4. The lowest BCUT2D eigenvalue weighted by Crippen LogP contribution is -2.48. The summed E-state index contributed by atoms with van der Waals surface area (Å²) >= 11 is 16.0. The smallest absolute Gasteiger partial charge is 0.345 e. The summed E-state index contributed by atoms with van der Waals surface area (Å²) in [4.78, 5) is 38.0. The number of thiophene rings is 1. The molecule has 0 unspecified atom stereocenters. The average molecular weight is 1060 g/mol. The minimum atomic E-state index is -1.53. The van der Waals surface area contributed by atoms with Crippen molar-refractivity contribution in [1.82, 2.24) is 29.7 Å². The maximum atomic E-state index is 14.4. The topological polar surface area (TPSA) is 160 Å². The summed E-state index contributed by atoms with van der Waals surface area (Å²) in [5.41, 5.74) is 3.83. The summed E-state index contributed by atoms with van der Waals surface area (Å²) in [5.74, 6) is 0.562. The van der Waals surface area contributed by atoms with E-state index < -0.39 is 24.0 Å². The maximum Gasteiger partial charge on any atom is 0.345 e. The molecule has 0 amide bonds. The lowest BCUT2D eigenvalue weighted by Gasteiger charge is -2.35. The van der Waals surface area contributed by atoms with E-state index in [1.807, 2.05) is 13.8 Å². The minimum absolute atomic E-state index is 0.00314. The number of rotatable bonds is 17. The zero-order valence-electron chi connectivity index (χ0n) is 41.7. The van der Waals surface area contributed by atoms with Gasteiger partial charge in [0.2, 0.25) is 12.0 Å². The van der Waals surface area contributed by atoms with Crippen LogP contribution in [-0.4, -0.2) is 140 Å². The highest BCUT2D eigenvalue weighted by Gasteiger charge is 2.33. The number of piperazine rings is 1. The van der Waals surface area contributed by atoms with Crippen LogP contribution in [0.25, 0.3) is 31.8 Å². The molecule has 3 aromatic heterocycles. The molecule has 9 rings (SSSR count). The Morgan fingerprint density at radius 2 is 1.67 bits per heavy atom. The second kappa shape index (κ2) is 25.8. The Hall–Kier alpha value is -5.24. The van der Waals surface area contributed by atoms with Crippen molar-refractivity contribution in [2.24, 2.45) is 5.92 Å². The number of methoxy groups -OCH3 is 1. The standard InChI is InChI=1S/C54H63Cl2FN6O9S/c1-6-7-40-26-41(69-30-39-16-17-58-51(61-39)37-10-8-35(9-11-37)29-68-25-24-67-23-22-66-5)27-43(54(64)65)72-52-46-45(50(73-53(46)60-32-59-52)36-12-14-38(57)15-13-36)44-33(2)47(55)49(48(56)34(44)3)71-42(31-70-40)28-63-20-18-62(4)19-21-63/h6-7,12-17,26,32,35,37,42-43H,1,8-11,18-25,27-31H2,2-5H3,(H,64,65)/b40-7+,41-26-/t35?,37?,42-,43-/m1/s1. The van der Waals surface area contributed by atoms with Crippen LogP contribution in [0.1, 0.15) is 60.7 Å². The van der Waals surface area contributed by atoms with E-state index in [1.165, 1.54) is 29.8 Å². The number of benzene rings is 2. The van der Waals surface area contributed by atoms with Gasteiger partial charge in [0.1, 0.15) is 53.6 Å². The predicted molar refractivity (Wildman–Crippen MR) is 280 cm³/mol. The second-order valence-electron chi connectivity index (χ2n) is 18.6. The van der Waals surface area contributed by atoms with Gasteiger partial charge in [-0.2, -0.15) is 0 Å². The highest BCUT2D eigenvalue weighted by atomic mass is 35.5. The number of allylic oxidation sites excluding steroid dienone is 3. The first kappa shape index (κ1) is 54.0.